The van der Waals surface area contributed by atoms with Gasteiger partial charge in [0.1, 0.15) is 5.60 Å². The molecule has 1 amide bonds. The van der Waals surface area contributed by atoms with Crippen LogP contribution in [-0.2, 0) is 4.74 Å². The highest BCUT2D eigenvalue weighted by Crippen LogP contribution is 2.23. The molecule has 0 saturated carbocycles. The minimum atomic E-state index is -0.417. The van der Waals surface area contributed by atoms with Crippen molar-refractivity contribution in [1.29, 1.82) is 0 Å². The fraction of sp³-hybridized carbons (Fsp3) is 0.929. The summed E-state index contributed by atoms with van der Waals surface area (Å²) in [4.78, 5) is 13.7. The molecule has 0 aromatic rings. The molecule has 1 saturated heterocycles. The lowest BCUT2D eigenvalue weighted by atomic mass is 9.95. The Morgan fingerprint density at radius 3 is 2.72 bits per heavy atom. The first-order valence-corrected chi connectivity index (χ1v) is 7.07. The highest BCUT2D eigenvalue weighted by Gasteiger charge is 2.32. The molecule has 1 aliphatic rings. The number of unbranched alkanes of at least 4 members (excludes halogenated alkanes) is 1. The van der Waals surface area contributed by atoms with E-state index in [-0.39, 0.29) is 12.1 Å². The molecule has 0 bridgehead atoms. The predicted octanol–water partition coefficient (Wildman–Crippen LogP) is 2.76. The van der Waals surface area contributed by atoms with Crippen LogP contribution in [0.1, 0.15) is 53.4 Å². The number of nitrogens with zero attached hydrogens (tertiary/aromatic N) is 1. The van der Waals surface area contributed by atoms with Gasteiger partial charge in [-0.1, -0.05) is 19.8 Å². The van der Waals surface area contributed by atoms with Crippen LogP contribution in [0.5, 0.6) is 0 Å². The third-order valence-corrected chi connectivity index (χ3v) is 3.37. The van der Waals surface area contributed by atoms with Crippen molar-refractivity contribution in [2.75, 3.05) is 13.1 Å². The van der Waals surface area contributed by atoms with Gasteiger partial charge in [0.25, 0.3) is 0 Å². The number of carbonyl (C=O) groups excluding carboxylic acids is 1. The van der Waals surface area contributed by atoms with E-state index in [1.807, 2.05) is 20.8 Å². The van der Waals surface area contributed by atoms with Crippen molar-refractivity contribution < 1.29 is 9.53 Å². The van der Waals surface area contributed by atoms with Crippen LogP contribution in [0.15, 0.2) is 0 Å². The summed E-state index contributed by atoms with van der Waals surface area (Å²) in [5.41, 5.74) is 5.76. The van der Waals surface area contributed by atoms with Crippen molar-refractivity contribution in [1.82, 2.24) is 4.90 Å². The lowest BCUT2D eigenvalue weighted by Gasteiger charge is -2.25. The molecule has 1 aliphatic heterocycles. The molecule has 0 aromatic carbocycles. The molecule has 0 spiro atoms. The van der Waals surface area contributed by atoms with Gasteiger partial charge in [0.2, 0.25) is 0 Å². The zero-order chi connectivity index (χ0) is 13.8. The zero-order valence-corrected chi connectivity index (χ0v) is 12.2. The van der Waals surface area contributed by atoms with Gasteiger partial charge in [-0.2, -0.15) is 0 Å². The summed E-state index contributed by atoms with van der Waals surface area (Å²) in [5, 5.41) is 0. The summed E-state index contributed by atoms with van der Waals surface area (Å²) in [6.07, 6.45) is 4.21. The van der Waals surface area contributed by atoms with E-state index in [1.54, 1.807) is 4.90 Å². The van der Waals surface area contributed by atoms with Crippen molar-refractivity contribution in [2.24, 2.45) is 11.7 Å². The van der Waals surface area contributed by atoms with Crippen molar-refractivity contribution in [3.8, 4) is 0 Å². The third-order valence-electron chi connectivity index (χ3n) is 3.37. The first kappa shape index (κ1) is 15.3. The molecule has 0 aliphatic carbocycles. The van der Waals surface area contributed by atoms with E-state index in [9.17, 15) is 4.79 Å². The lowest BCUT2D eigenvalue weighted by molar-refractivity contribution is 0.0286. The smallest absolute Gasteiger partial charge is 0.410 e. The summed E-state index contributed by atoms with van der Waals surface area (Å²) in [7, 11) is 0. The Hall–Kier alpha value is -0.770. The molecular weight excluding hydrogens is 228 g/mol. The predicted molar refractivity (Wildman–Crippen MR) is 73.4 cm³/mol. The second-order valence-electron chi connectivity index (χ2n) is 6.28. The van der Waals surface area contributed by atoms with E-state index in [2.05, 4.69) is 6.92 Å². The largest absolute Gasteiger partial charge is 0.444 e. The maximum absolute atomic E-state index is 11.9. The molecule has 0 aromatic heterocycles. The zero-order valence-electron chi connectivity index (χ0n) is 12.2. The van der Waals surface area contributed by atoms with Crippen LogP contribution in [-0.4, -0.2) is 35.7 Å². The first-order valence-electron chi connectivity index (χ1n) is 7.07. The van der Waals surface area contributed by atoms with E-state index in [0.29, 0.717) is 5.92 Å². The van der Waals surface area contributed by atoms with Crippen molar-refractivity contribution in [3.05, 3.63) is 0 Å². The summed E-state index contributed by atoms with van der Waals surface area (Å²) in [6.45, 7) is 9.38. The minimum Gasteiger partial charge on any atom is -0.444 e. The Bertz CT molecular complexity index is 273. The van der Waals surface area contributed by atoms with Crippen molar-refractivity contribution >= 4 is 6.09 Å². The average molecular weight is 256 g/mol. The Labute approximate surface area is 111 Å². The van der Waals surface area contributed by atoms with Gasteiger partial charge in [-0.3, -0.25) is 0 Å². The molecule has 4 nitrogen and oxygen atoms in total. The molecule has 2 atom stereocenters. The average Bonchev–Trinajstić information content (AvgIpc) is 2.72. The van der Waals surface area contributed by atoms with Crippen LogP contribution in [0.2, 0.25) is 0 Å². The van der Waals surface area contributed by atoms with E-state index in [4.69, 9.17) is 10.5 Å². The third kappa shape index (κ3) is 4.84. The van der Waals surface area contributed by atoms with Crippen LogP contribution in [0.3, 0.4) is 0 Å². The Morgan fingerprint density at radius 1 is 1.50 bits per heavy atom. The van der Waals surface area contributed by atoms with Gasteiger partial charge >= 0.3 is 6.09 Å². The fourth-order valence-corrected chi connectivity index (χ4v) is 2.30. The van der Waals surface area contributed by atoms with Crippen molar-refractivity contribution in [2.45, 2.75) is 65.0 Å². The highest BCUT2D eigenvalue weighted by atomic mass is 16.6. The van der Waals surface area contributed by atoms with Crippen LogP contribution in [0.25, 0.3) is 0 Å². The number of rotatable bonds is 4. The molecule has 4 heteroatoms. The second-order valence-corrected chi connectivity index (χ2v) is 6.28. The van der Waals surface area contributed by atoms with Crippen molar-refractivity contribution in [3.63, 3.8) is 0 Å². The normalized spacial score (nSPS) is 22.1. The van der Waals surface area contributed by atoms with E-state index >= 15 is 0 Å². The van der Waals surface area contributed by atoms with Gasteiger partial charge in [-0.05, 0) is 39.5 Å². The summed E-state index contributed by atoms with van der Waals surface area (Å²) < 4.78 is 5.38. The molecule has 1 fully saturated rings. The Kier molecular flexibility index (Phi) is 5.45. The molecule has 1 rings (SSSR count). The molecule has 2 unspecified atom stereocenters. The minimum absolute atomic E-state index is 0.201. The maximum Gasteiger partial charge on any atom is 0.410 e. The lowest BCUT2D eigenvalue weighted by Crippen LogP contribution is -2.37. The SMILES string of the molecule is CCCCC(N)C1CCN(C(=O)OC(C)(C)C)C1. The molecule has 0 radical (unpaired) electrons. The second kappa shape index (κ2) is 6.41. The number of amides is 1. The molecule has 1 heterocycles. The number of hydrogen-bond acceptors (Lipinski definition) is 3. The number of ether oxygens (including phenoxy) is 1. The van der Waals surface area contributed by atoms with Crippen LogP contribution in [0, 0.1) is 5.92 Å². The number of carbonyl (C=O) groups is 1. The molecular formula is C14H28N2O2. The Morgan fingerprint density at radius 2 is 2.17 bits per heavy atom. The maximum atomic E-state index is 11.9. The standard InChI is InChI=1S/C14H28N2O2/c1-5-6-7-12(15)11-8-9-16(10-11)13(17)18-14(2,3)4/h11-12H,5-10,15H2,1-4H3. The molecule has 18 heavy (non-hydrogen) atoms. The van der Waals surface area contributed by atoms with Crippen LogP contribution >= 0.6 is 0 Å². The quantitative estimate of drug-likeness (QED) is 0.841. The van der Waals surface area contributed by atoms with Gasteiger partial charge in [-0.15, -0.1) is 0 Å². The summed E-state index contributed by atoms with van der Waals surface area (Å²) >= 11 is 0. The first-order chi connectivity index (χ1) is 8.33. The fourth-order valence-electron chi connectivity index (χ4n) is 2.30. The van der Waals surface area contributed by atoms with Gasteiger partial charge in [0.15, 0.2) is 0 Å². The van der Waals surface area contributed by atoms with Crippen LogP contribution < -0.4 is 5.73 Å². The van der Waals surface area contributed by atoms with Gasteiger partial charge in [0.05, 0.1) is 0 Å². The van der Waals surface area contributed by atoms with Gasteiger partial charge in [-0.25, -0.2) is 4.79 Å². The van der Waals surface area contributed by atoms with E-state index in [1.165, 1.54) is 12.8 Å². The summed E-state index contributed by atoms with van der Waals surface area (Å²) in [5.74, 6) is 0.434. The van der Waals surface area contributed by atoms with E-state index in [0.717, 1.165) is 25.9 Å². The van der Waals surface area contributed by atoms with Gasteiger partial charge in [0, 0.05) is 19.1 Å². The van der Waals surface area contributed by atoms with Crippen LogP contribution in [0.4, 0.5) is 4.79 Å². The monoisotopic (exact) mass is 256 g/mol. The number of likely N-dealkylation sites (tertiary alicyclic amines) is 1. The highest BCUT2D eigenvalue weighted by molar-refractivity contribution is 5.68. The topological polar surface area (TPSA) is 55.6 Å². The molecule has 106 valence electrons. The van der Waals surface area contributed by atoms with E-state index < -0.39 is 5.60 Å². The Balaban J connectivity index is 2.38. The molecule has 2 N–H and O–H groups in total. The number of nitrogens with two attached hydrogens (primary N) is 1. The van der Waals surface area contributed by atoms with Gasteiger partial charge < -0.3 is 15.4 Å². The number of hydrogen-bond donors (Lipinski definition) is 1. The summed E-state index contributed by atoms with van der Waals surface area (Å²) in [6, 6.07) is 0.220.